The van der Waals surface area contributed by atoms with Crippen molar-refractivity contribution in [3.05, 3.63) is 42.5 Å². The molecule has 0 unspecified atom stereocenters. The average Bonchev–Trinajstić information content (AvgIpc) is 3.13. The molecule has 1 saturated heterocycles. The quantitative estimate of drug-likeness (QED) is 0.922. The van der Waals surface area contributed by atoms with Gasteiger partial charge < -0.3 is 19.4 Å². The maximum Gasteiger partial charge on any atom is 0.409 e. The summed E-state index contributed by atoms with van der Waals surface area (Å²) in [6.45, 7) is 3.27. The highest BCUT2D eigenvalue weighted by Crippen LogP contribution is 2.22. The van der Waals surface area contributed by atoms with E-state index in [1.807, 2.05) is 30.3 Å². The van der Waals surface area contributed by atoms with E-state index >= 15 is 0 Å². The van der Waals surface area contributed by atoms with Crippen molar-refractivity contribution in [3.8, 4) is 11.3 Å². The van der Waals surface area contributed by atoms with Crippen LogP contribution in [0.15, 0.2) is 41.1 Å². The predicted molar refractivity (Wildman–Crippen MR) is 91.0 cm³/mol. The fraction of sp³-hybridized carbons (Fsp3) is 0.389. The van der Waals surface area contributed by atoms with Crippen LogP contribution < -0.4 is 5.32 Å². The topological polar surface area (TPSA) is 84.7 Å². The molecule has 1 aliphatic rings. The van der Waals surface area contributed by atoms with Crippen molar-refractivity contribution in [3.63, 3.8) is 0 Å². The molecule has 0 aliphatic carbocycles. The van der Waals surface area contributed by atoms with Gasteiger partial charge in [-0.3, -0.25) is 4.79 Å². The molecule has 3 rings (SSSR count). The Morgan fingerprint density at radius 2 is 2.00 bits per heavy atom. The Balaban J connectivity index is 1.60. The summed E-state index contributed by atoms with van der Waals surface area (Å²) in [5.41, 5.74) is 1.36. The summed E-state index contributed by atoms with van der Waals surface area (Å²) in [5.74, 6) is -0.0787. The van der Waals surface area contributed by atoms with Gasteiger partial charge in [-0.25, -0.2) is 9.78 Å². The van der Waals surface area contributed by atoms with Crippen molar-refractivity contribution in [2.45, 2.75) is 25.8 Å². The molecule has 0 spiro atoms. The molecule has 0 saturated carbocycles. The van der Waals surface area contributed by atoms with E-state index in [0.717, 1.165) is 5.56 Å². The summed E-state index contributed by atoms with van der Waals surface area (Å²) in [6.07, 6.45) is 2.34. The van der Waals surface area contributed by atoms with Crippen LogP contribution in [0.1, 0.15) is 30.3 Å². The lowest BCUT2D eigenvalue weighted by Crippen LogP contribution is -2.46. The van der Waals surface area contributed by atoms with Gasteiger partial charge in [-0.2, -0.15) is 0 Å². The second-order valence-electron chi connectivity index (χ2n) is 5.83. The molecular weight excluding hydrogens is 322 g/mol. The number of likely N-dealkylation sites (tertiary alicyclic amines) is 1. The van der Waals surface area contributed by atoms with Gasteiger partial charge in [-0.1, -0.05) is 30.3 Å². The van der Waals surface area contributed by atoms with Crippen molar-refractivity contribution in [1.82, 2.24) is 15.2 Å². The first-order valence-electron chi connectivity index (χ1n) is 8.40. The molecule has 132 valence electrons. The third-order valence-electron chi connectivity index (χ3n) is 4.18. The Kier molecular flexibility index (Phi) is 5.33. The van der Waals surface area contributed by atoms with Crippen LogP contribution >= 0.6 is 0 Å². The Hall–Kier alpha value is -2.83. The number of amides is 2. The monoisotopic (exact) mass is 343 g/mol. The van der Waals surface area contributed by atoms with Gasteiger partial charge in [0, 0.05) is 24.7 Å². The fourth-order valence-electron chi connectivity index (χ4n) is 2.88. The lowest BCUT2D eigenvalue weighted by Gasteiger charge is -2.31. The number of benzene rings is 1. The number of hydrogen-bond donors (Lipinski definition) is 1. The van der Waals surface area contributed by atoms with Crippen LogP contribution in [0.2, 0.25) is 0 Å². The van der Waals surface area contributed by atoms with Crippen LogP contribution in [0, 0.1) is 0 Å². The van der Waals surface area contributed by atoms with E-state index in [2.05, 4.69) is 10.3 Å². The smallest absolute Gasteiger partial charge is 0.409 e. The van der Waals surface area contributed by atoms with Crippen LogP contribution in [-0.2, 0) is 4.74 Å². The first kappa shape index (κ1) is 17.0. The Morgan fingerprint density at radius 1 is 1.28 bits per heavy atom. The summed E-state index contributed by atoms with van der Waals surface area (Å²) in [5, 5.41) is 2.97. The van der Waals surface area contributed by atoms with Gasteiger partial charge in [0.15, 0.2) is 6.39 Å². The van der Waals surface area contributed by atoms with Crippen molar-refractivity contribution in [2.24, 2.45) is 0 Å². The SMILES string of the molecule is CCOC(=O)N1CCC(NC(=O)c2ocnc2-c2ccccc2)CC1. The molecule has 0 atom stereocenters. The van der Waals surface area contributed by atoms with Crippen molar-refractivity contribution in [2.75, 3.05) is 19.7 Å². The zero-order valence-corrected chi connectivity index (χ0v) is 14.1. The number of oxazole rings is 1. The molecule has 7 nitrogen and oxygen atoms in total. The third-order valence-corrected chi connectivity index (χ3v) is 4.18. The van der Waals surface area contributed by atoms with E-state index in [-0.39, 0.29) is 23.8 Å². The molecule has 2 amide bonds. The number of rotatable bonds is 4. The highest BCUT2D eigenvalue weighted by Gasteiger charge is 2.26. The first-order valence-corrected chi connectivity index (χ1v) is 8.40. The molecule has 2 heterocycles. The molecule has 1 N–H and O–H groups in total. The largest absolute Gasteiger partial charge is 0.450 e. The first-order chi connectivity index (χ1) is 12.2. The number of hydrogen-bond acceptors (Lipinski definition) is 5. The number of ether oxygens (including phenoxy) is 1. The molecule has 1 aromatic carbocycles. The molecular formula is C18H21N3O4. The van der Waals surface area contributed by atoms with Gasteiger partial charge in [-0.15, -0.1) is 0 Å². The molecule has 0 bridgehead atoms. The van der Waals surface area contributed by atoms with Gasteiger partial charge >= 0.3 is 6.09 Å². The van der Waals surface area contributed by atoms with Gasteiger partial charge in [0.05, 0.1) is 6.61 Å². The van der Waals surface area contributed by atoms with Crippen LogP contribution in [-0.4, -0.2) is 47.6 Å². The van der Waals surface area contributed by atoms with Crippen molar-refractivity contribution < 1.29 is 18.7 Å². The fourth-order valence-corrected chi connectivity index (χ4v) is 2.88. The third kappa shape index (κ3) is 3.99. The van der Waals surface area contributed by atoms with Crippen LogP contribution in [0.4, 0.5) is 4.79 Å². The maximum absolute atomic E-state index is 12.5. The highest BCUT2D eigenvalue weighted by atomic mass is 16.6. The zero-order valence-electron chi connectivity index (χ0n) is 14.1. The minimum absolute atomic E-state index is 0.00750. The molecule has 1 fully saturated rings. The zero-order chi connectivity index (χ0) is 17.6. The Labute approximate surface area is 146 Å². The summed E-state index contributed by atoms with van der Waals surface area (Å²) in [7, 11) is 0. The predicted octanol–water partition coefficient (Wildman–Crippen LogP) is 2.69. The van der Waals surface area contributed by atoms with Crippen LogP contribution in [0.3, 0.4) is 0 Å². The minimum Gasteiger partial charge on any atom is -0.450 e. The second-order valence-corrected chi connectivity index (χ2v) is 5.83. The molecule has 1 aromatic heterocycles. The van der Waals surface area contributed by atoms with E-state index in [0.29, 0.717) is 38.2 Å². The lowest BCUT2D eigenvalue weighted by atomic mass is 10.0. The van der Waals surface area contributed by atoms with Gasteiger partial charge in [0.2, 0.25) is 5.76 Å². The second kappa shape index (κ2) is 7.83. The number of aromatic nitrogens is 1. The van der Waals surface area contributed by atoms with Gasteiger partial charge in [0.1, 0.15) is 5.69 Å². The summed E-state index contributed by atoms with van der Waals surface area (Å²) < 4.78 is 10.3. The van der Waals surface area contributed by atoms with Crippen molar-refractivity contribution >= 4 is 12.0 Å². The van der Waals surface area contributed by atoms with E-state index in [1.165, 1.54) is 6.39 Å². The van der Waals surface area contributed by atoms with Gasteiger partial charge in [0.25, 0.3) is 5.91 Å². The number of carbonyl (C=O) groups excluding carboxylic acids is 2. The highest BCUT2D eigenvalue weighted by molar-refractivity contribution is 5.97. The summed E-state index contributed by atoms with van der Waals surface area (Å²) >= 11 is 0. The molecule has 1 aliphatic heterocycles. The number of piperidine rings is 1. The summed E-state index contributed by atoms with van der Waals surface area (Å²) in [6, 6.07) is 9.43. The molecule has 2 aromatic rings. The van der Waals surface area contributed by atoms with E-state index in [1.54, 1.807) is 11.8 Å². The minimum atomic E-state index is -0.297. The lowest BCUT2D eigenvalue weighted by molar-refractivity contribution is 0.0841. The van der Waals surface area contributed by atoms with Crippen LogP contribution in [0.5, 0.6) is 0 Å². The maximum atomic E-state index is 12.5. The van der Waals surface area contributed by atoms with E-state index in [9.17, 15) is 9.59 Å². The summed E-state index contributed by atoms with van der Waals surface area (Å²) in [4.78, 5) is 30.1. The Morgan fingerprint density at radius 3 is 2.68 bits per heavy atom. The van der Waals surface area contributed by atoms with E-state index < -0.39 is 0 Å². The van der Waals surface area contributed by atoms with E-state index in [4.69, 9.17) is 9.15 Å². The number of carbonyl (C=O) groups is 2. The molecule has 7 heteroatoms. The Bertz CT molecular complexity index is 721. The molecule has 25 heavy (non-hydrogen) atoms. The number of nitrogens with one attached hydrogen (secondary N) is 1. The normalized spacial score (nSPS) is 15.0. The standard InChI is InChI=1S/C18H21N3O4/c1-2-24-18(23)21-10-8-14(9-11-21)20-17(22)16-15(19-12-25-16)13-6-4-3-5-7-13/h3-7,12,14H,2,8-11H2,1H3,(H,20,22). The van der Waals surface area contributed by atoms with Crippen molar-refractivity contribution in [1.29, 1.82) is 0 Å². The molecule has 0 radical (unpaired) electrons. The average molecular weight is 343 g/mol. The number of nitrogens with zero attached hydrogens (tertiary/aromatic N) is 2. The van der Waals surface area contributed by atoms with Gasteiger partial charge in [-0.05, 0) is 19.8 Å². The van der Waals surface area contributed by atoms with Crippen LogP contribution in [0.25, 0.3) is 11.3 Å².